The fraction of sp³-hybridized carbons (Fsp3) is 0.379. The van der Waals surface area contributed by atoms with Crippen molar-refractivity contribution in [3.63, 3.8) is 0 Å². The van der Waals surface area contributed by atoms with Gasteiger partial charge in [-0.25, -0.2) is 4.98 Å². The van der Waals surface area contributed by atoms with Gasteiger partial charge < -0.3 is 9.80 Å². The number of carbonyl (C=O) groups is 1. The minimum atomic E-state index is -0.361. The molecular weight excluding hydrogens is 482 g/mol. The summed E-state index contributed by atoms with van der Waals surface area (Å²) in [5.74, 6) is 0.558. The lowest BCUT2D eigenvalue weighted by Crippen LogP contribution is -2.40. The van der Waals surface area contributed by atoms with Gasteiger partial charge in [0.1, 0.15) is 5.82 Å². The lowest BCUT2D eigenvalue weighted by atomic mass is 10.1. The van der Waals surface area contributed by atoms with Crippen molar-refractivity contribution in [1.29, 1.82) is 0 Å². The molecule has 7 nitrogen and oxygen atoms in total. The minimum absolute atomic E-state index is 0.0497. The Bertz CT molecular complexity index is 1420. The molecule has 1 unspecified atom stereocenters. The van der Waals surface area contributed by atoms with E-state index in [9.17, 15) is 9.59 Å². The number of aryl methyl sites for hydroxylation is 2. The maximum absolute atomic E-state index is 13.9. The molecule has 0 radical (unpaired) electrons. The fourth-order valence-electron chi connectivity index (χ4n) is 4.64. The van der Waals surface area contributed by atoms with Gasteiger partial charge in [-0.3, -0.25) is 14.2 Å². The number of rotatable bonds is 10. The van der Waals surface area contributed by atoms with Gasteiger partial charge in [0.25, 0.3) is 11.5 Å². The van der Waals surface area contributed by atoms with Crippen LogP contribution >= 0.6 is 11.5 Å². The first-order chi connectivity index (χ1) is 17.8. The quantitative estimate of drug-likeness (QED) is 0.294. The Hall–Kier alpha value is -3.36. The van der Waals surface area contributed by atoms with Crippen molar-refractivity contribution < 1.29 is 4.79 Å². The van der Waals surface area contributed by atoms with Crippen LogP contribution in [0.1, 0.15) is 58.7 Å². The number of carbonyl (C=O) groups excluding carboxylic acids is 1. The van der Waals surface area contributed by atoms with E-state index in [1.54, 1.807) is 10.8 Å². The van der Waals surface area contributed by atoms with Crippen molar-refractivity contribution in [2.45, 2.75) is 46.2 Å². The van der Waals surface area contributed by atoms with Crippen molar-refractivity contribution in [2.75, 3.05) is 27.2 Å². The van der Waals surface area contributed by atoms with Gasteiger partial charge in [-0.2, -0.15) is 4.37 Å². The van der Waals surface area contributed by atoms with Gasteiger partial charge in [0, 0.05) is 12.1 Å². The summed E-state index contributed by atoms with van der Waals surface area (Å²) >= 11 is 1.22. The Balaban J connectivity index is 1.82. The van der Waals surface area contributed by atoms with Gasteiger partial charge in [-0.05, 0) is 76.6 Å². The highest BCUT2D eigenvalue weighted by molar-refractivity contribution is 7.12. The predicted molar refractivity (Wildman–Crippen MR) is 150 cm³/mol. The van der Waals surface area contributed by atoms with Crippen molar-refractivity contribution in [3.8, 4) is 0 Å². The number of hydrogen-bond donors (Lipinski definition) is 0. The minimum Gasteiger partial charge on any atom is -0.328 e. The molecule has 0 aliphatic rings. The van der Waals surface area contributed by atoms with Crippen LogP contribution in [0.2, 0.25) is 0 Å². The van der Waals surface area contributed by atoms with E-state index in [2.05, 4.69) is 15.3 Å². The Morgan fingerprint density at radius 3 is 2.49 bits per heavy atom. The third kappa shape index (κ3) is 6.14. The molecule has 2 heterocycles. The van der Waals surface area contributed by atoms with Crippen molar-refractivity contribution in [2.24, 2.45) is 0 Å². The fourth-order valence-corrected chi connectivity index (χ4v) is 5.27. The Labute approximate surface area is 222 Å². The van der Waals surface area contributed by atoms with E-state index >= 15 is 0 Å². The Morgan fingerprint density at radius 2 is 1.81 bits per heavy atom. The second-order valence-electron chi connectivity index (χ2n) is 9.84. The van der Waals surface area contributed by atoms with Crippen LogP contribution in [-0.4, -0.2) is 56.8 Å². The predicted octanol–water partition coefficient (Wildman–Crippen LogP) is 5.06. The maximum Gasteiger partial charge on any atom is 0.264 e. The normalized spacial score (nSPS) is 12.3. The molecule has 0 saturated heterocycles. The summed E-state index contributed by atoms with van der Waals surface area (Å²) in [6, 6.07) is 15.5. The van der Waals surface area contributed by atoms with E-state index in [0.29, 0.717) is 41.1 Å². The first-order valence-electron chi connectivity index (χ1n) is 12.7. The van der Waals surface area contributed by atoms with E-state index in [1.807, 2.05) is 82.2 Å². The zero-order valence-corrected chi connectivity index (χ0v) is 23.1. The molecule has 0 aliphatic heterocycles. The smallest absolute Gasteiger partial charge is 0.264 e. The van der Waals surface area contributed by atoms with Gasteiger partial charge in [0.2, 0.25) is 0 Å². The number of benzene rings is 2. The van der Waals surface area contributed by atoms with Crippen molar-refractivity contribution >= 4 is 27.7 Å². The van der Waals surface area contributed by atoms with Gasteiger partial charge >= 0.3 is 0 Å². The van der Waals surface area contributed by atoms with E-state index in [1.165, 1.54) is 11.5 Å². The highest BCUT2D eigenvalue weighted by Gasteiger charge is 2.29. The van der Waals surface area contributed by atoms with Crippen LogP contribution < -0.4 is 5.56 Å². The lowest BCUT2D eigenvalue weighted by Gasteiger charge is -2.33. The molecule has 2 aromatic heterocycles. The largest absolute Gasteiger partial charge is 0.328 e. The third-order valence-corrected chi connectivity index (χ3v) is 7.26. The molecule has 4 aromatic rings. The molecule has 194 valence electrons. The number of nitrogens with zero attached hydrogens (tertiary/aromatic N) is 5. The molecule has 37 heavy (non-hydrogen) atoms. The molecule has 2 aromatic carbocycles. The summed E-state index contributed by atoms with van der Waals surface area (Å²) in [5.41, 5.74) is 3.77. The van der Waals surface area contributed by atoms with Crippen LogP contribution in [0.25, 0.3) is 10.2 Å². The Morgan fingerprint density at radius 1 is 1.05 bits per heavy atom. The number of fused-ring (bicyclic) bond motifs is 1. The van der Waals surface area contributed by atoms with Crippen molar-refractivity contribution in [3.05, 3.63) is 93.2 Å². The van der Waals surface area contributed by atoms with Crippen LogP contribution in [0.4, 0.5) is 0 Å². The number of hydrogen-bond acceptors (Lipinski definition) is 6. The van der Waals surface area contributed by atoms with E-state index in [0.717, 1.165) is 29.7 Å². The number of amides is 1. The summed E-state index contributed by atoms with van der Waals surface area (Å²) < 4.78 is 5.97. The molecule has 0 bridgehead atoms. The van der Waals surface area contributed by atoms with Gasteiger partial charge in [0.15, 0.2) is 4.83 Å². The number of aromatic nitrogens is 3. The van der Waals surface area contributed by atoms with Crippen LogP contribution in [0, 0.1) is 13.8 Å². The molecule has 0 fully saturated rings. The zero-order chi connectivity index (χ0) is 26.5. The molecule has 0 N–H and O–H groups in total. The van der Waals surface area contributed by atoms with Crippen LogP contribution in [0.15, 0.2) is 59.5 Å². The SMILES string of the molecule is CCC(c1nc2sncc2c(=O)n1Cc1cccc(C)c1)N(CCCN(C)C)C(=O)c1ccc(C)cc1. The molecule has 0 saturated carbocycles. The standard InChI is InChI=1S/C29H35N5O2S/c1-6-25(33(16-8-15-32(4)5)28(35)23-13-11-20(2)12-14-23)26-31-27-24(18-30-37-27)29(36)34(26)19-22-10-7-9-21(3)17-22/h7,9-14,17-18,25H,6,8,15-16,19H2,1-5H3. The average Bonchev–Trinajstić information content (AvgIpc) is 3.34. The highest BCUT2D eigenvalue weighted by Crippen LogP contribution is 2.27. The van der Waals surface area contributed by atoms with Crippen LogP contribution in [0.5, 0.6) is 0 Å². The summed E-state index contributed by atoms with van der Waals surface area (Å²) in [6.45, 7) is 7.90. The summed E-state index contributed by atoms with van der Waals surface area (Å²) in [7, 11) is 4.06. The maximum atomic E-state index is 13.9. The second kappa shape index (κ2) is 11.8. The average molecular weight is 518 g/mol. The first kappa shape index (κ1) is 26.7. The topological polar surface area (TPSA) is 71.3 Å². The summed E-state index contributed by atoms with van der Waals surface area (Å²) in [4.78, 5) is 37.2. The molecule has 8 heteroatoms. The van der Waals surface area contributed by atoms with E-state index in [4.69, 9.17) is 4.98 Å². The van der Waals surface area contributed by atoms with Gasteiger partial charge in [0.05, 0.1) is 24.2 Å². The monoisotopic (exact) mass is 517 g/mol. The zero-order valence-electron chi connectivity index (χ0n) is 22.3. The molecular formula is C29H35N5O2S. The molecule has 0 aliphatic carbocycles. The molecule has 0 spiro atoms. The molecule has 4 rings (SSSR count). The van der Waals surface area contributed by atoms with E-state index < -0.39 is 0 Å². The van der Waals surface area contributed by atoms with Crippen molar-refractivity contribution in [1.82, 2.24) is 23.7 Å². The molecule has 1 atom stereocenters. The lowest BCUT2D eigenvalue weighted by molar-refractivity contribution is 0.0649. The summed E-state index contributed by atoms with van der Waals surface area (Å²) in [6.07, 6.45) is 3.04. The Kier molecular flexibility index (Phi) is 8.51. The van der Waals surface area contributed by atoms with Crippen LogP contribution in [0.3, 0.4) is 0 Å². The van der Waals surface area contributed by atoms with Gasteiger partial charge in [-0.15, -0.1) is 0 Å². The first-order valence-corrected chi connectivity index (χ1v) is 13.5. The molecule has 1 amide bonds. The second-order valence-corrected chi connectivity index (χ2v) is 10.6. The van der Waals surface area contributed by atoms with E-state index in [-0.39, 0.29) is 17.5 Å². The summed E-state index contributed by atoms with van der Waals surface area (Å²) in [5, 5.41) is 0.514. The van der Waals surface area contributed by atoms with Crippen LogP contribution in [-0.2, 0) is 6.54 Å². The highest BCUT2D eigenvalue weighted by atomic mass is 32.1. The third-order valence-electron chi connectivity index (χ3n) is 6.57. The van der Waals surface area contributed by atoms with Gasteiger partial charge in [-0.1, -0.05) is 54.4 Å².